The topological polar surface area (TPSA) is 42.6 Å². The van der Waals surface area contributed by atoms with E-state index in [0.29, 0.717) is 16.5 Å². The molecule has 1 heterocycles. The average Bonchev–Trinajstić information content (AvgIpc) is 2.82. The lowest BCUT2D eigenvalue weighted by Crippen LogP contribution is -1.85. The number of hydrogen-bond acceptors (Lipinski definition) is 3. The van der Waals surface area contributed by atoms with Crippen LogP contribution in [0, 0.1) is 0 Å². The second-order valence-corrected chi connectivity index (χ2v) is 4.24. The number of rotatable bonds is 2. The molecule has 0 atom stereocenters. The van der Waals surface area contributed by atoms with Gasteiger partial charge in [0.2, 0.25) is 0 Å². The smallest absolute Gasteiger partial charge is 0.169 e. The van der Waals surface area contributed by atoms with E-state index >= 15 is 0 Å². The molecule has 3 nitrogen and oxygen atoms in total. The Kier molecular flexibility index (Phi) is 2.61. The van der Waals surface area contributed by atoms with Gasteiger partial charge in [-0.05, 0) is 30.3 Å². The Morgan fingerprint density at radius 3 is 2.78 bits per heavy atom. The van der Waals surface area contributed by atoms with E-state index in [1.165, 1.54) is 6.07 Å². The van der Waals surface area contributed by atoms with Gasteiger partial charge in [-0.3, -0.25) is 0 Å². The van der Waals surface area contributed by atoms with Crippen molar-refractivity contribution >= 4 is 22.6 Å². The second-order valence-electron chi connectivity index (χ2n) is 3.80. The first-order valence-corrected chi connectivity index (χ1v) is 5.74. The van der Waals surface area contributed by atoms with Crippen LogP contribution in [0.4, 0.5) is 0 Å². The minimum atomic E-state index is 0.00278. The molecule has 3 aromatic rings. The van der Waals surface area contributed by atoms with Gasteiger partial charge in [0.15, 0.2) is 11.5 Å². The maximum absolute atomic E-state index is 9.74. The Balaban J connectivity index is 2.03. The number of hydrogen-bond donors (Lipinski definition) is 1. The fourth-order valence-corrected chi connectivity index (χ4v) is 1.92. The summed E-state index contributed by atoms with van der Waals surface area (Å²) < 4.78 is 10.9. The predicted octanol–water partition coefficient (Wildman–Crippen LogP) is 4.58. The molecule has 1 aromatic heterocycles. The zero-order valence-electron chi connectivity index (χ0n) is 9.26. The third-order valence-electron chi connectivity index (χ3n) is 2.60. The van der Waals surface area contributed by atoms with Crippen molar-refractivity contribution in [2.24, 2.45) is 0 Å². The van der Waals surface area contributed by atoms with Gasteiger partial charge in [-0.1, -0.05) is 17.7 Å². The molecule has 0 radical (unpaired) electrons. The Morgan fingerprint density at radius 2 is 1.94 bits per heavy atom. The highest BCUT2D eigenvalue weighted by Gasteiger charge is 2.08. The molecule has 2 aromatic carbocycles. The van der Waals surface area contributed by atoms with Crippen molar-refractivity contribution in [1.82, 2.24) is 0 Å². The van der Waals surface area contributed by atoms with Gasteiger partial charge in [0.25, 0.3) is 0 Å². The van der Waals surface area contributed by atoms with Crippen LogP contribution in [0.2, 0.25) is 5.02 Å². The van der Waals surface area contributed by atoms with Crippen LogP contribution in [0.3, 0.4) is 0 Å². The van der Waals surface area contributed by atoms with Gasteiger partial charge in [0, 0.05) is 11.1 Å². The molecule has 0 fully saturated rings. The van der Waals surface area contributed by atoms with Gasteiger partial charge in [0.1, 0.15) is 11.3 Å². The van der Waals surface area contributed by atoms with E-state index in [1.807, 2.05) is 24.3 Å². The molecular weight excluding hydrogens is 252 g/mol. The summed E-state index contributed by atoms with van der Waals surface area (Å²) >= 11 is 5.77. The quantitative estimate of drug-likeness (QED) is 0.733. The molecule has 0 saturated carbocycles. The molecule has 0 bridgehead atoms. The molecule has 0 aliphatic carbocycles. The molecule has 18 heavy (non-hydrogen) atoms. The number of fused-ring (bicyclic) bond motifs is 1. The summed E-state index contributed by atoms with van der Waals surface area (Å²) in [5, 5.41) is 11.1. The number of benzene rings is 2. The highest BCUT2D eigenvalue weighted by atomic mass is 35.5. The van der Waals surface area contributed by atoms with Crippen LogP contribution in [-0.2, 0) is 0 Å². The fourth-order valence-electron chi connectivity index (χ4n) is 1.75. The number of aromatic hydroxyl groups is 1. The van der Waals surface area contributed by atoms with E-state index in [4.69, 9.17) is 20.8 Å². The van der Waals surface area contributed by atoms with Gasteiger partial charge < -0.3 is 14.3 Å². The lowest BCUT2D eigenvalue weighted by atomic mass is 10.2. The molecule has 0 unspecified atom stereocenters. The maximum atomic E-state index is 9.74. The molecule has 3 rings (SSSR count). The van der Waals surface area contributed by atoms with E-state index in [9.17, 15) is 5.11 Å². The van der Waals surface area contributed by atoms with E-state index < -0.39 is 0 Å². The number of halogens is 1. The lowest BCUT2D eigenvalue weighted by Gasteiger charge is -2.08. The normalized spacial score (nSPS) is 10.7. The SMILES string of the molecule is Oc1cc(Cl)ccc1Oc1cccc2occc12. The van der Waals surface area contributed by atoms with Crippen molar-refractivity contribution < 1.29 is 14.3 Å². The molecule has 0 aliphatic rings. The summed E-state index contributed by atoms with van der Waals surface area (Å²) in [6.07, 6.45) is 1.60. The van der Waals surface area contributed by atoms with Crippen molar-refractivity contribution in [2.45, 2.75) is 0 Å². The summed E-state index contributed by atoms with van der Waals surface area (Å²) in [7, 11) is 0. The Hall–Kier alpha value is -2.13. The first kappa shape index (κ1) is 11.0. The standard InChI is InChI=1S/C14H9ClO3/c15-9-4-5-14(11(16)8-9)18-13-3-1-2-12-10(13)6-7-17-12/h1-8,16H. The number of furan rings is 1. The molecule has 0 aliphatic heterocycles. The van der Waals surface area contributed by atoms with Crippen LogP contribution >= 0.6 is 11.6 Å². The second kappa shape index (κ2) is 4.27. The maximum Gasteiger partial charge on any atom is 0.169 e. The molecule has 0 saturated heterocycles. The van der Waals surface area contributed by atoms with Crippen molar-refractivity contribution in [3.63, 3.8) is 0 Å². The fraction of sp³-hybridized carbons (Fsp3) is 0. The first-order chi connectivity index (χ1) is 8.74. The third-order valence-corrected chi connectivity index (χ3v) is 2.83. The molecule has 1 N–H and O–H groups in total. The van der Waals surface area contributed by atoms with Crippen LogP contribution in [0.25, 0.3) is 11.0 Å². The van der Waals surface area contributed by atoms with Crippen molar-refractivity contribution in [2.75, 3.05) is 0 Å². The third kappa shape index (κ3) is 1.89. The van der Waals surface area contributed by atoms with E-state index in [2.05, 4.69) is 0 Å². The van der Waals surface area contributed by atoms with Crippen LogP contribution in [-0.4, -0.2) is 5.11 Å². The summed E-state index contributed by atoms with van der Waals surface area (Å²) in [4.78, 5) is 0. The summed E-state index contributed by atoms with van der Waals surface area (Å²) in [5.74, 6) is 0.981. The van der Waals surface area contributed by atoms with Gasteiger partial charge in [-0.15, -0.1) is 0 Å². The zero-order valence-corrected chi connectivity index (χ0v) is 10.0. The first-order valence-electron chi connectivity index (χ1n) is 5.36. The van der Waals surface area contributed by atoms with Gasteiger partial charge in [-0.25, -0.2) is 0 Å². The molecule has 0 amide bonds. The van der Waals surface area contributed by atoms with Crippen molar-refractivity contribution in [3.05, 3.63) is 53.8 Å². The number of phenolic OH excluding ortho intramolecular Hbond substituents is 1. The minimum absolute atomic E-state index is 0.00278. The predicted molar refractivity (Wildman–Crippen MR) is 69.4 cm³/mol. The van der Waals surface area contributed by atoms with Crippen molar-refractivity contribution in [1.29, 1.82) is 0 Å². The van der Waals surface area contributed by atoms with Crippen LogP contribution < -0.4 is 4.74 Å². The van der Waals surface area contributed by atoms with Gasteiger partial charge >= 0.3 is 0 Å². The van der Waals surface area contributed by atoms with E-state index in [1.54, 1.807) is 18.4 Å². The van der Waals surface area contributed by atoms with Gasteiger partial charge in [0.05, 0.1) is 11.6 Å². The number of phenols is 1. The molecule has 4 heteroatoms. The highest BCUT2D eigenvalue weighted by molar-refractivity contribution is 6.30. The van der Waals surface area contributed by atoms with Crippen molar-refractivity contribution in [3.8, 4) is 17.2 Å². The highest BCUT2D eigenvalue weighted by Crippen LogP contribution is 2.36. The monoisotopic (exact) mass is 260 g/mol. The number of ether oxygens (including phenoxy) is 1. The Labute approximate surface area is 108 Å². The lowest BCUT2D eigenvalue weighted by molar-refractivity contribution is 0.413. The van der Waals surface area contributed by atoms with E-state index in [-0.39, 0.29) is 5.75 Å². The van der Waals surface area contributed by atoms with Crippen LogP contribution in [0.5, 0.6) is 17.2 Å². The zero-order chi connectivity index (χ0) is 12.5. The molecule has 0 spiro atoms. The van der Waals surface area contributed by atoms with Crippen LogP contribution in [0.1, 0.15) is 0 Å². The summed E-state index contributed by atoms with van der Waals surface area (Å²) in [6.45, 7) is 0. The largest absolute Gasteiger partial charge is 0.504 e. The summed E-state index contributed by atoms with van der Waals surface area (Å²) in [5.41, 5.74) is 0.737. The van der Waals surface area contributed by atoms with Gasteiger partial charge in [-0.2, -0.15) is 0 Å². The average molecular weight is 261 g/mol. The summed E-state index contributed by atoms with van der Waals surface area (Å²) in [6, 6.07) is 12.0. The Morgan fingerprint density at radius 1 is 1.06 bits per heavy atom. The Bertz CT molecular complexity index is 703. The van der Waals surface area contributed by atoms with E-state index in [0.717, 1.165) is 11.0 Å². The molecular formula is C14H9ClO3. The minimum Gasteiger partial charge on any atom is -0.504 e. The molecule has 90 valence electrons. The van der Waals surface area contributed by atoms with Crippen LogP contribution in [0.15, 0.2) is 53.1 Å².